The van der Waals surface area contributed by atoms with Gasteiger partial charge in [-0.3, -0.25) is 0 Å². The molecule has 0 amide bonds. The van der Waals surface area contributed by atoms with Crippen molar-refractivity contribution in [3.05, 3.63) is 170 Å². The first-order chi connectivity index (χ1) is 26.1. The maximum absolute atomic E-state index is 9.25. The summed E-state index contributed by atoms with van der Waals surface area (Å²) in [5.41, 5.74) is 5.49. The molecule has 210 valence electrons. The van der Waals surface area contributed by atoms with E-state index in [2.05, 4.69) is 0 Å². The lowest BCUT2D eigenvalue weighted by Crippen LogP contribution is -1.92. The van der Waals surface area contributed by atoms with Crippen LogP contribution in [-0.2, 0) is 0 Å². The van der Waals surface area contributed by atoms with Crippen LogP contribution < -0.4 is 0 Å². The summed E-state index contributed by atoms with van der Waals surface area (Å²) in [6, 6.07) is 33.8. The number of benzene rings is 8. The standard InChI is InChI=1S/C44H28O/c1-3-14-29(15-4-1)32-18-7-8-19-35(32)43-38-22-11-9-20-36(38)42(37-21-10-12-23-39(37)43)31-26-27-34-40-25-13-24-33(30-16-5-2-6-17-30)44(40)45-41(34)28-31/h1-28H/i2D,5D,6D,7D,8D,16D,17D,18D,19D. The number of hydrogen-bond acceptors (Lipinski definition) is 1. The minimum absolute atomic E-state index is 0.0761. The van der Waals surface area contributed by atoms with Gasteiger partial charge in [-0.1, -0.05) is 158 Å². The van der Waals surface area contributed by atoms with Crippen molar-refractivity contribution in [2.24, 2.45) is 0 Å². The average Bonchev–Trinajstić information content (AvgIpc) is 3.58. The Bertz CT molecular complexity index is 2960. The smallest absolute Gasteiger partial charge is 0.143 e. The highest BCUT2D eigenvalue weighted by molar-refractivity contribution is 6.23. The van der Waals surface area contributed by atoms with Crippen LogP contribution in [0.25, 0.3) is 88.0 Å². The topological polar surface area (TPSA) is 13.1 Å². The Morgan fingerprint density at radius 2 is 0.978 bits per heavy atom. The Hall–Kier alpha value is -5.92. The van der Waals surface area contributed by atoms with E-state index in [9.17, 15) is 1.37 Å². The Morgan fingerprint density at radius 1 is 0.378 bits per heavy atom. The summed E-state index contributed by atoms with van der Waals surface area (Å²) in [6.07, 6.45) is 0. The molecular weight excluding hydrogens is 544 g/mol. The molecule has 1 heteroatoms. The summed E-state index contributed by atoms with van der Waals surface area (Å²) in [4.78, 5) is 0. The van der Waals surface area contributed by atoms with Gasteiger partial charge in [-0.25, -0.2) is 0 Å². The SMILES string of the molecule is [2H]c1c([2H])c([2H])c(-c2cccc3c2oc2cc(-c4c5ccccc5c(-c5c([2H])c([2H])c([2H])c([2H])c5-c5ccccc5)c5ccccc45)ccc23)c([2H])c1[2H]. The summed E-state index contributed by atoms with van der Waals surface area (Å²) in [5.74, 6) is 0. The van der Waals surface area contributed by atoms with Crippen LogP contribution in [0.5, 0.6) is 0 Å². The number of hydrogen-bond donors (Lipinski definition) is 0. The third-order valence-electron chi connectivity index (χ3n) is 8.49. The fraction of sp³-hybridized carbons (Fsp3) is 0. The maximum Gasteiger partial charge on any atom is 0.143 e. The number of para-hydroxylation sites is 1. The highest BCUT2D eigenvalue weighted by Gasteiger charge is 2.20. The van der Waals surface area contributed by atoms with E-state index in [1.165, 1.54) is 0 Å². The van der Waals surface area contributed by atoms with Crippen molar-refractivity contribution in [3.63, 3.8) is 0 Å². The summed E-state index contributed by atoms with van der Waals surface area (Å²) in [6.45, 7) is 0. The van der Waals surface area contributed by atoms with E-state index in [4.69, 9.17) is 15.4 Å². The van der Waals surface area contributed by atoms with Crippen LogP contribution in [0.3, 0.4) is 0 Å². The molecule has 0 aliphatic heterocycles. The summed E-state index contributed by atoms with van der Waals surface area (Å²) in [5, 5.41) is 4.96. The predicted molar refractivity (Wildman–Crippen MR) is 190 cm³/mol. The molecule has 0 bridgehead atoms. The highest BCUT2D eigenvalue weighted by atomic mass is 16.3. The highest BCUT2D eigenvalue weighted by Crippen LogP contribution is 2.47. The van der Waals surface area contributed by atoms with Gasteiger partial charge in [-0.2, -0.15) is 0 Å². The quantitative estimate of drug-likeness (QED) is 0.188. The number of fused-ring (bicyclic) bond motifs is 5. The van der Waals surface area contributed by atoms with Crippen molar-refractivity contribution < 1.29 is 16.8 Å². The molecule has 0 saturated carbocycles. The van der Waals surface area contributed by atoms with Crippen LogP contribution in [0.1, 0.15) is 12.3 Å². The molecule has 0 N–H and O–H groups in total. The number of furan rings is 1. The van der Waals surface area contributed by atoms with Gasteiger partial charge in [0.05, 0.1) is 12.3 Å². The van der Waals surface area contributed by atoms with Crippen molar-refractivity contribution in [2.45, 2.75) is 0 Å². The summed E-state index contributed by atoms with van der Waals surface area (Å²) >= 11 is 0. The van der Waals surface area contributed by atoms with Gasteiger partial charge in [0.15, 0.2) is 0 Å². The second-order valence-corrected chi connectivity index (χ2v) is 11.0. The summed E-state index contributed by atoms with van der Waals surface area (Å²) in [7, 11) is 0. The molecule has 0 saturated heterocycles. The zero-order valence-electron chi connectivity index (χ0n) is 32.9. The van der Waals surface area contributed by atoms with Gasteiger partial charge in [-0.15, -0.1) is 0 Å². The van der Waals surface area contributed by atoms with E-state index in [1.54, 1.807) is 12.1 Å². The van der Waals surface area contributed by atoms with E-state index in [1.807, 2.05) is 103 Å². The molecule has 0 aliphatic rings. The Morgan fingerprint density at radius 3 is 1.69 bits per heavy atom. The molecule has 0 radical (unpaired) electrons. The van der Waals surface area contributed by atoms with Crippen molar-refractivity contribution in [1.82, 2.24) is 0 Å². The van der Waals surface area contributed by atoms with Crippen LogP contribution in [-0.4, -0.2) is 0 Å². The fourth-order valence-electron chi connectivity index (χ4n) is 6.57. The lowest BCUT2D eigenvalue weighted by atomic mass is 9.84. The molecule has 0 atom stereocenters. The van der Waals surface area contributed by atoms with Crippen LogP contribution in [0, 0.1) is 0 Å². The fourth-order valence-corrected chi connectivity index (χ4v) is 6.57. The molecule has 45 heavy (non-hydrogen) atoms. The molecule has 0 aliphatic carbocycles. The minimum Gasteiger partial charge on any atom is -0.455 e. The monoisotopic (exact) mass is 581 g/mol. The van der Waals surface area contributed by atoms with Crippen molar-refractivity contribution >= 4 is 43.5 Å². The first-order valence-electron chi connectivity index (χ1n) is 19.2. The zero-order chi connectivity index (χ0) is 37.6. The van der Waals surface area contributed by atoms with Crippen LogP contribution in [0.4, 0.5) is 0 Å². The van der Waals surface area contributed by atoms with E-state index in [0.717, 1.165) is 43.4 Å². The van der Waals surface area contributed by atoms with Crippen LogP contribution >= 0.6 is 0 Å². The molecule has 0 fully saturated rings. The van der Waals surface area contributed by atoms with E-state index in [0.29, 0.717) is 39.0 Å². The van der Waals surface area contributed by atoms with Crippen molar-refractivity contribution in [1.29, 1.82) is 0 Å². The molecule has 1 aromatic heterocycles. The van der Waals surface area contributed by atoms with Gasteiger partial charge >= 0.3 is 0 Å². The Balaban J connectivity index is 1.34. The second kappa shape index (κ2) is 10.4. The van der Waals surface area contributed by atoms with E-state index >= 15 is 0 Å². The van der Waals surface area contributed by atoms with Gasteiger partial charge < -0.3 is 4.42 Å². The lowest BCUT2D eigenvalue weighted by molar-refractivity contribution is 0.670. The van der Waals surface area contributed by atoms with Gasteiger partial charge in [0.2, 0.25) is 0 Å². The Kier molecular flexibility index (Phi) is 4.15. The van der Waals surface area contributed by atoms with Crippen LogP contribution in [0.2, 0.25) is 0 Å². The first-order valence-corrected chi connectivity index (χ1v) is 14.7. The van der Waals surface area contributed by atoms with Gasteiger partial charge in [-0.05, 0) is 72.6 Å². The van der Waals surface area contributed by atoms with Crippen molar-refractivity contribution in [3.8, 4) is 44.5 Å². The third kappa shape index (κ3) is 4.09. The molecule has 9 rings (SSSR count). The van der Waals surface area contributed by atoms with Crippen molar-refractivity contribution in [2.75, 3.05) is 0 Å². The van der Waals surface area contributed by atoms with E-state index < -0.39 is 18.1 Å². The molecule has 0 unspecified atom stereocenters. The lowest BCUT2D eigenvalue weighted by Gasteiger charge is -2.19. The van der Waals surface area contributed by atoms with Gasteiger partial charge in [0.25, 0.3) is 0 Å². The first kappa shape index (κ1) is 18.0. The Labute approximate surface area is 274 Å². The molecule has 1 nitrogen and oxygen atoms in total. The van der Waals surface area contributed by atoms with Gasteiger partial charge in [0.1, 0.15) is 11.2 Å². The number of rotatable bonds is 4. The van der Waals surface area contributed by atoms with Gasteiger partial charge in [0, 0.05) is 16.3 Å². The molecule has 8 aromatic carbocycles. The molecule has 0 spiro atoms. The summed E-state index contributed by atoms with van der Waals surface area (Å²) < 4.78 is 83.9. The second-order valence-electron chi connectivity index (χ2n) is 11.0. The largest absolute Gasteiger partial charge is 0.455 e. The third-order valence-corrected chi connectivity index (χ3v) is 8.49. The zero-order valence-corrected chi connectivity index (χ0v) is 23.9. The normalized spacial score (nSPS) is 14.4. The maximum atomic E-state index is 9.25. The predicted octanol–water partition coefficient (Wildman–Crippen LogP) is 12.6. The molecule has 1 heterocycles. The van der Waals surface area contributed by atoms with E-state index in [-0.39, 0.29) is 41.8 Å². The average molecular weight is 582 g/mol. The molecular formula is C44H28O. The molecule has 9 aromatic rings. The van der Waals surface area contributed by atoms with Crippen LogP contribution in [0.15, 0.2) is 174 Å². The minimum atomic E-state index is -0.454.